The fraction of sp³-hybridized carbons (Fsp3) is 0.533. The van der Waals surface area contributed by atoms with Gasteiger partial charge in [0.05, 0.1) is 6.04 Å². The number of ether oxygens (including phenoxy) is 1. The lowest BCUT2D eigenvalue weighted by Crippen LogP contribution is -2.47. The average molecular weight is 264 g/mol. The van der Waals surface area contributed by atoms with E-state index in [0.717, 1.165) is 5.56 Å². The second kappa shape index (κ2) is 6.06. The normalized spacial score (nSPS) is 15.6. The first-order valence-corrected chi connectivity index (χ1v) is 6.53. The molecule has 4 nitrogen and oxygen atoms in total. The molecule has 0 bridgehead atoms. The minimum Gasteiger partial charge on any atom is -0.399 e. The van der Waals surface area contributed by atoms with Gasteiger partial charge >= 0.3 is 0 Å². The Kier molecular flexibility index (Phi) is 4.95. The van der Waals surface area contributed by atoms with Crippen LogP contribution in [0.15, 0.2) is 24.3 Å². The van der Waals surface area contributed by atoms with Crippen molar-refractivity contribution in [3.8, 4) is 0 Å². The van der Waals surface area contributed by atoms with Gasteiger partial charge in [-0.3, -0.25) is 4.79 Å². The highest BCUT2D eigenvalue weighted by Crippen LogP contribution is 2.25. The zero-order chi connectivity index (χ0) is 14.6. The van der Waals surface area contributed by atoms with Crippen molar-refractivity contribution in [2.75, 3.05) is 19.9 Å². The molecular formula is C15H24N2O2. The van der Waals surface area contributed by atoms with E-state index in [2.05, 4.69) is 0 Å². The molecule has 1 aromatic carbocycles. The Labute approximate surface area is 115 Å². The van der Waals surface area contributed by atoms with Crippen molar-refractivity contribution in [1.29, 1.82) is 0 Å². The van der Waals surface area contributed by atoms with Crippen LogP contribution in [0, 0.1) is 0 Å². The molecule has 2 unspecified atom stereocenters. The van der Waals surface area contributed by atoms with E-state index >= 15 is 0 Å². The maximum absolute atomic E-state index is 12.5. The summed E-state index contributed by atoms with van der Waals surface area (Å²) < 4.78 is 5.36. The average Bonchev–Trinajstić information content (AvgIpc) is 2.44. The standard InChI is InChI=1S/C15H24N2O2/c1-6-15(3,19-5)14(18)17(4)11(2)12-8-7-9-13(16)10-12/h7-11H,6,16H2,1-5H3. The van der Waals surface area contributed by atoms with Gasteiger partial charge in [0.1, 0.15) is 5.60 Å². The largest absolute Gasteiger partial charge is 0.399 e. The number of hydrogen-bond donors (Lipinski definition) is 1. The number of carbonyl (C=O) groups is 1. The van der Waals surface area contributed by atoms with Crippen molar-refractivity contribution in [2.24, 2.45) is 0 Å². The Morgan fingerprint density at radius 3 is 2.63 bits per heavy atom. The van der Waals surface area contributed by atoms with Crippen LogP contribution in [0.4, 0.5) is 5.69 Å². The Morgan fingerprint density at radius 1 is 1.53 bits per heavy atom. The van der Waals surface area contributed by atoms with E-state index in [1.165, 1.54) is 0 Å². The van der Waals surface area contributed by atoms with Gasteiger partial charge in [-0.2, -0.15) is 0 Å². The Hall–Kier alpha value is -1.55. The highest BCUT2D eigenvalue weighted by atomic mass is 16.5. The van der Waals surface area contributed by atoms with E-state index in [-0.39, 0.29) is 11.9 Å². The summed E-state index contributed by atoms with van der Waals surface area (Å²) in [6, 6.07) is 7.56. The molecule has 2 N–H and O–H groups in total. The minimum absolute atomic E-state index is 0.0209. The van der Waals surface area contributed by atoms with Gasteiger partial charge in [-0.25, -0.2) is 0 Å². The molecular weight excluding hydrogens is 240 g/mol. The van der Waals surface area contributed by atoms with Gasteiger partial charge in [0.2, 0.25) is 0 Å². The van der Waals surface area contributed by atoms with Crippen LogP contribution in [0.2, 0.25) is 0 Å². The molecule has 106 valence electrons. The number of carbonyl (C=O) groups excluding carboxylic acids is 1. The van der Waals surface area contributed by atoms with E-state index < -0.39 is 5.60 Å². The van der Waals surface area contributed by atoms with Crippen LogP contribution in [0.25, 0.3) is 0 Å². The molecule has 0 fully saturated rings. The molecule has 0 heterocycles. The zero-order valence-electron chi connectivity index (χ0n) is 12.4. The molecule has 4 heteroatoms. The Balaban J connectivity index is 2.94. The number of hydrogen-bond acceptors (Lipinski definition) is 3. The molecule has 0 aromatic heterocycles. The molecule has 0 spiro atoms. The number of benzene rings is 1. The van der Waals surface area contributed by atoms with Crippen LogP contribution in [0.1, 0.15) is 38.8 Å². The fourth-order valence-electron chi connectivity index (χ4n) is 1.97. The number of likely N-dealkylation sites (N-methyl/N-ethyl adjacent to an activating group) is 1. The molecule has 1 amide bonds. The molecule has 0 saturated heterocycles. The van der Waals surface area contributed by atoms with Gasteiger partial charge in [-0.05, 0) is 38.0 Å². The topological polar surface area (TPSA) is 55.6 Å². The molecule has 2 atom stereocenters. The summed E-state index contributed by atoms with van der Waals surface area (Å²) >= 11 is 0. The lowest BCUT2D eigenvalue weighted by Gasteiger charge is -2.34. The third-order valence-corrected chi connectivity index (χ3v) is 3.87. The summed E-state index contributed by atoms with van der Waals surface area (Å²) in [5.41, 5.74) is 6.73. The number of anilines is 1. The van der Waals surface area contributed by atoms with Gasteiger partial charge in [0.15, 0.2) is 0 Å². The van der Waals surface area contributed by atoms with Crippen molar-refractivity contribution in [3.05, 3.63) is 29.8 Å². The molecule has 0 aliphatic rings. The fourth-order valence-corrected chi connectivity index (χ4v) is 1.97. The number of amides is 1. The summed E-state index contributed by atoms with van der Waals surface area (Å²) in [6.45, 7) is 5.75. The van der Waals surface area contributed by atoms with Gasteiger partial charge in [-0.15, -0.1) is 0 Å². The number of nitrogens with zero attached hydrogens (tertiary/aromatic N) is 1. The summed E-state index contributed by atoms with van der Waals surface area (Å²) in [5.74, 6) is -0.0209. The van der Waals surface area contributed by atoms with Crippen LogP contribution in [0.5, 0.6) is 0 Å². The maximum atomic E-state index is 12.5. The zero-order valence-corrected chi connectivity index (χ0v) is 12.4. The Morgan fingerprint density at radius 2 is 2.16 bits per heavy atom. The second-order valence-corrected chi connectivity index (χ2v) is 5.05. The first kappa shape index (κ1) is 15.5. The predicted molar refractivity (Wildman–Crippen MR) is 77.7 cm³/mol. The molecule has 1 aromatic rings. The quantitative estimate of drug-likeness (QED) is 0.832. The summed E-state index contributed by atoms with van der Waals surface area (Å²) in [7, 11) is 3.36. The monoisotopic (exact) mass is 264 g/mol. The number of rotatable bonds is 5. The smallest absolute Gasteiger partial charge is 0.254 e. The van der Waals surface area contributed by atoms with Crippen molar-refractivity contribution in [2.45, 2.75) is 38.8 Å². The molecule has 0 aliphatic carbocycles. The van der Waals surface area contributed by atoms with Gasteiger partial charge < -0.3 is 15.4 Å². The van der Waals surface area contributed by atoms with Crippen LogP contribution < -0.4 is 5.73 Å². The van der Waals surface area contributed by atoms with E-state index in [0.29, 0.717) is 12.1 Å². The van der Waals surface area contributed by atoms with Crippen LogP contribution in [-0.2, 0) is 9.53 Å². The van der Waals surface area contributed by atoms with Gasteiger partial charge in [-0.1, -0.05) is 19.1 Å². The summed E-state index contributed by atoms with van der Waals surface area (Å²) in [6.07, 6.45) is 0.635. The maximum Gasteiger partial charge on any atom is 0.254 e. The number of nitrogen functional groups attached to an aromatic ring is 1. The van der Waals surface area contributed by atoms with Crippen molar-refractivity contribution in [1.82, 2.24) is 4.90 Å². The van der Waals surface area contributed by atoms with Crippen LogP contribution in [0.3, 0.4) is 0 Å². The van der Waals surface area contributed by atoms with E-state index in [1.807, 2.05) is 45.0 Å². The SMILES string of the molecule is CCC(C)(OC)C(=O)N(C)C(C)c1cccc(N)c1. The molecule has 0 saturated carbocycles. The van der Waals surface area contributed by atoms with Gasteiger partial charge in [0, 0.05) is 19.8 Å². The first-order valence-electron chi connectivity index (χ1n) is 6.53. The third kappa shape index (κ3) is 3.26. The van der Waals surface area contributed by atoms with Gasteiger partial charge in [0.25, 0.3) is 5.91 Å². The predicted octanol–water partition coefficient (Wildman–Crippen LogP) is 2.60. The minimum atomic E-state index is -0.774. The second-order valence-electron chi connectivity index (χ2n) is 5.05. The number of nitrogens with two attached hydrogens (primary N) is 1. The molecule has 0 radical (unpaired) electrons. The van der Waals surface area contributed by atoms with Crippen LogP contribution >= 0.6 is 0 Å². The third-order valence-electron chi connectivity index (χ3n) is 3.87. The van der Waals surface area contributed by atoms with E-state index in [4.69, 9.17) is 10.5 Å². The first-order chi connectivity index (χ1) is 8.85. The highest BCUT2D eigenvalue weighted by Gasteiger charge is 2.35. The Bertz CT molecular complexity index is 442. The molecule has 19 heavy (non-hydrogen) atoms. The summed E-state index contributed by atoms with van der Waals surface area (Å²) in [4.78, 5) is 14.2. The lowest BCUT2D eigenvalue weighted by molar-refractivity contribution is -0.154. The summed E-state index contributed by atoms with van der Waals surface area (Å²) in [5, 5.41) is 0. The molecule has 0 aliphatic heterocycles. The highest BCUT2D eigenvalue weighted by molar-refractivity contribution is 5.85. The number of methoxy groups -OCH3 is 1. The van der Waals surface area contributed by atoms with E-state index in [1.54, 1.807) is 19.1 Å². The van der Waals surface area contributed by atoms with E-state index in [9.17, 15) is 4.79 Å². The van der Waals surface area contributed by atoms with Crippen molar-refractivity contribution < 1.29 is 9.53 Å². The molecule has 1 rings (SSSR count). The lowest BCUT2D eigenvalue weighted by atomic mass is 9.99. The van der Waals surface area contributed by atoms with Crippen molar-refractivity contribution >= 4 is 11.6 Å². The van der Waals surface area contributed by atoms with Crippen molar-refractivity contribution in [3.63, 3.8) is 0 Å². The van der Waals surface area contributed by atoms with Crippen LogP contribution in [-0.4, -0.2) is 30.6 Å².